The Morgan fingerprint density at radius 2 is 2.10 bits per heavy atom. The van der Waals surface area contributed by atoms with Crippen molar-refractivity contribution < 1.29 is 8.42 Å². The van der Waals surface area contributed by atoms with Gasteiger partial charge in [-0.25, -0.2) is 13.4 Å². The van der Waals surface area contributed by atoms with Crippen LogP contribution in [0.25, 0.3) is 11.4 Å². The number of rotatable bonds is 6. The highest BCUT2D eigenvalue weighted by Crippen LogP contribution is 2.19. The maximum atomic E-state index is 11.8. The van der Waals surface area contributed by atoms with Gasteiger partial charge in [0.25, 0.3) is 0 Å². The highest BCUT2D eigenvalue weighted by molar-refractivity contribution is 7.91. The molecular formula is C14H19N3O2S. The molecule has 6 heteroatoms. The van der Waals surface area contributed by atoms with Gasteiger partial charge < -0.3 is 10.3 Å². The fourth-order valence-corrected chi connectivity index (χ4v) is 3.38. The molecule has 20 heavy (non-hydrogen) atoms. The Balaban J connectivity index is 2.18. The first-order valence-electron chi connectivity index (χ1n) is 6.59. The molecular weight excluding hydrogens is 274 g/mol. The van der Waals surface area contributed by atoms with Gasteiger partial charge in [-0.1, -0.05) is 19.1 Å². The van der Waals surface area contributed by atoms with E-state index in [1.54, 1.807) is 12.4 Å². The number of nitrogens with zero attached hydrogens (tertiary/aromatic N) is 2. The molecule has 2 aromatic rings. The third-order valence-electron chi connectivity index (χ3n) is 3.02. The van der Waals surface area contributed by atoms with E-state index in [4.69, 9.17) is 5.73 Å². The summed E-state index contributed by atoms with van der Waals surface area (Å²) in [6, 6.07) is 7.41. The van der Waals surface area contributed by atoms with E-state index in [1.165, 1.54) is 0 Å². The number of hydrogen-bond acceptors (Lipinski definition) is 4. The Morgan fingerprint density at radius 1 is 1.30 bits per heavy atom. The van der Waals surface area contributed by atoms with E-state index in [2.05, 4.69) is 4.98 Å². The monoisotopic (exact) mass is 293 g/mol. The van der Waals surface area contributed by atoms with Crippen molar-refractivity contribution in [3.05, 3.63) is 36.7 Å². The normalized spacial score (nSPS) is 11.7. The van der Waals surface area contributed by atoms with E-state index in [9.17, 15) is 8.42 Å². The van der Waals surface area contributed by atoms with Crippen LogP contribution in [0.2, 0.25) is 0 Å². The maximum absolute atomic E-state index is 11.8. The number of hydrogen-bond donors (Lipinski definition) is 1. The summed E-state index contributed by atoms with van der Waals surface area (Å²) in [6.07, 6.45) is 4.11. The summed E-state index contributed by atoms with van der Waals surface area (Å²) in [5.41, 5.74) is 7.32. The Kier molecular flexibility index (Phi) is 4.44. The fourth-order valence-electron chi connectivity index (χ4n) is 2.08. The zero-order chi connectivity index (χ0) is 14.6. The summed E-state index contributed by atoms with van der Waals surface area (Å²) in [4.78, 5) is 4.29. The van der Waals surface area contributed by atoms with Crippen LogP contribution in [0.3, 0.4) is 0 Å². The molecule has 0 atom stereocenters. The van der Waals surface area contributed by atoms with Gasteiger partial charge in [-0.15, -0.1) is 0 Å². The maximum Gasteiger partial charge on any atom is 0.152 e. The number of aryl methyl sites for hydroxylation is 1. The van der Waals surface area contributed by atoms with Crippen LogP contribution in [0.4, 0.5) is 5.69 Å². The zero-order valence-corrected chi connectivity index (χ0v) is 12.3. The number of benzene rings is 1. The van der Waals surface area contributed by atoms with Crippen LogP contribution in [-0.4, -0.2) is 29.5 Å². The van der Waals surface area contributed by atoms with Crippen molar-refractivity contribution >= 4 is 15.5 Å². The van der Waals surface area contributed by atoms with E-state index >= 15 is 0 Å². The quantitative estimate of drug-likeness (QED) is 0.826. The molecule has 0 saturated carbocycles. The van der Waals surface area contributed by atoms with Crippen LogP contribution < -0.4 is 5.73 Å². The van der Waals surface area contributed by atoms with E-state index < -0.39 is 9.84 Å². The molecule has 2 N–H and O–H groups in total. The lowest BCUT2D eigenvalue weighted by atomic mass is 10.2. The van der Waals surface area contributed by atoms with E-state index in [0.29, 0.717) is 18.7 Å². The number of aromatic nitrogens is 2. The molecule has 1 aromatic carbocycles. The fraction of sp³-hybridized carbons (Fsp3) is 0.357. The number of imidazole rings is 1. The molecule has 0 aliphatic carbocycles. The second-order valence-corrected chi connectivity index (χ2v) is 7.03. The summed E-state index contributed by atoms with van der Waals surface area (Å²) in [5.74, 6) is 1.10. The largest absolute Gasteiger partial charge is 0.399 e. The number of nitrogen functional groups attached to an aromatic ring is 1. The van der Waals surface area contributed by atoms with Crippen molar-refractivity contribution in [1.29, 1.82) is 0 Å². The van der Waals surface area contributed by atoms with E-state index in [1.807, 2.05) is 35.8 Å². The van der Waals surface area contributed by atoms with E-state index in [0.717, 1.165) is 11.4 Å². The minimum atomic E-state index is -2.99. The van der Waals surface area contributed by atoms with Crippen molar-refractivity contribution in [2.24, 2.45) is 0 Å². The van der Waals surface area contributed by atoms with Gasteiger partial charge in [-0.2, -0.15) is 0 Å². The zero-order valence-electron chi connectivity index (χ0n) is 11.5. The summed E-state index contributed by atoms with van der Waals surface area (Å²) >= 11 is 0. The average molecular weight is 293 g/mol. The summed E-state index contributed by atoms with van der Waals surface area (Å²) < 4.78 is 25.4. The van der Waals surface area contributed by atoms with Crippen molar-refractivity contribution in [1.82, 2.24) is 9.55 Å². The minimum Gasteiger partial charge on any atom is -0.399 e. The average Bonchev–Trinajstić information content (AvgIpc) is 2.85. The molecule has 5 nitrogen and oxygen atoms in total. The molecule has 0 unspecified atom stereocenters. The topological polar surface area (TPSA) is 78.0 Å². The lowest BCUT2D eigenvalue weighted by Crippen LogP contribution is -2.16. The van der Waals surface area contributed by atoms with Gasteiger partial charge in [-0.05, 0) is 18.6 Å². The molecule has 0 fully saturated rings. The highest BCUT2D eigenvalue weighted by atomic mass is 32.2. The van der Waals surface area contributed by atoms with Crippen LogP contribution in [-0.2, 0) is 16.4 Å². The van der Waals surface area contributed by atoms with Crippen LogP contribution in [0.5, 0.6) is 0 Å². The first kappa shape index (κ1) is 14.6. The molecule has 0 saturated heterocycles. The Morgan fingerprint density at radius 3 is 2.80 bits per heavy atom. The lowest BCUT2D eigenvalue weighted by molar-refractivity contribution is 0.588. The van der Waals surface area contributed by atoms with Crippen LogP contribution >= 0.6 is 0 Å². The molecule has 1 heterocycles. The predicted octanol–water partition coefficient (Wildman–Crippen LogP) is 1.96. The summed E-state index contributed by atoms with van der Waals surface area (Å²) in [5, 5.41) is 0. The third kappa shape index (κ3) is 3.60. The smallest absolute Gasteiger partial charge is 0.152 e. The van der Waals surface area contributed by atoms with Crippen molar-refractivity contribution in [2.45, 2.75) is 19.9 Å². The minimum absolute atomic E-state index is 0.131. The number of anilines is 1. The van der Waals surface area contributed by atoms with Crippen molar-refractivity contribution in [3.8, 4) is 11.4 Å². The first-order chi connectivity index (χ1) is 9.52. The molecule has 0 aliphatic heterocycles. The Labute approximate surface area is 119 Å². The van der Waals surface area contributed by atoms with Crippen LogP contribution in [0, 0.1) is 0 Å². The van der Waals surface area contributed by atoms with Gasteiger partial charge in [0.05, 0.1) is 5.75 Å². The second kappa shape index (κ2) is 6.09. The standard InChI is InChI=1S/C14H19N3O2S/c1-2-9-20(18,19)10-8-17-7-6-16-14(17)12-4-3-5-13(15)11-12/h3-7,11H,2,8-10,15H2,1H3. The first-order valence-corrected chi connectivity index (χ1v) is 8.41. The van der Waals surface area contributed by atoms with Crippen LogP contribution in [0.15, 0.2) is 36.7 Å². The van der Waals surface area contributed by atoms with Gasteiger partial charge in [-0.3, -0.25) is 0 Å². The van der Waals surface area contributed by atoms with Gasteiger partial charge in [0.1, 0.15) is 5.82 Å². The highest BCUT2D eigenvalue weighted by Gasteiger charge is 2.12. The Hall–Kier alpha value is -1.82. The lowest BCUT2D eigenvalue weighted by Gasteiger charge is -2.08. The van der Waals surface area contributed by atoms with Gasteiger partial charge >= 0.3 is 0 Å². The number of sulfone groups is 1. The van der Waals surface area contributed by atoms with Crippen molar-refractivity contribution in [3.63, 3.8) is 0 Å². The SMILES string of the molecule is CCCS(=O)(=O)CCn1ccnc1-c1cccc(N)c1. The third-order valence-corrected chi connectivity index (χ3v) is 4.85. The predicted molar refractivity (Wildman–Crippen MR) is 81.0 cm³/mol. The molecule has 108 valence electrons. The molecule has 0 spiro atoms. The molecule has 0 amide bonds. The summed E-state index contributed by atoms with van der Waals surface area (Å²) in [6.45, 7) is 2.28. The van der Waals surface area contributed by atoms with Crippen LogP contribution in [0.1, 0.15) is 13.3 Å². The Bertz CT molecular complexity index is 677. The molecule has 2 rings (SSSR count). The van der Waals surface area contributed by atoms with Crippen molar-refractivity contribution in [2.75, 3.05) is 17.2 Å². The van der Waals surface area contributed by atoms with E-state index in [-0.39, 0.29) is 11.5 Å². The molecule has 1 aromatic heterocycles. The second-order valence-electron chi connectivity index (χ2n) is 4.72. The van der Waals surface area contributed by atoms with Gasteiger partial charge in [0.2, 0.25) is 0 Å². The molecule has 0 bridgehead atoms. The molecule has 0 radical (unpaired) electrons. The van der Waals surface area contributed by atoms with Gasteiger partial charge in [0, 0.05) is 35.9 Å². The summed E-state index contributed by atoms with van der Waals surface area (Å²) in [7, 11) is -2.99. The number of nitrogens with two attached hydrogens (primary N) is 1. The van der Waals surface area contributed by atoms with Gasteiger partial charge in [0.15, 0.2) is 9.84 Å². The molecule has 0 aliphatic rings.